The van der Waals surface area contributed by atoms with E-state index < -0.39 is 41.8 Å². The molecule has 2 aliphatic carbocycles. The molecule has 198 valence electrons. The molecule has 2 saturated carbocycles. The number of hydrogen-bond donors (Lipinski definition) is 2. The normalized spacial score (nSPS) is 41.8. The molecule has 7 rings (SSSR count). The Morgan fingerprint density at radius 3 is 2.78 bits per heavy atom. The van der Waals surface area contributed by atoms with E-state index in [1.165, 1.54) is 6.42 Å². The van der Waals surface area contributed by atoms with Gasteiger partial charge in [0.15, 0.2) is 6.04 Å². The average molecular weight is 513 g/mol. The second-order valence-corrected chi connectivity index (χ2v) is 11.0. The molecule has 37 heavy (non-hydrogen) atoms. The molecular formula is C27H32N2O8. The number of benzene rings is 1. The number of allylic oxidation sites excluding steroid dienone is 1. The number of ether oxygens (including phenoxy) is 4. The molecule has 9 atom stereocenters. The molecule has 10 heteroatoms. The Hall–Kier alpha value is -2.34. The van der Waals surface area contributed by atoms with Crippen molar-refractivity contribution < 1.29 is 38.5 Å². The van der Waals surface area contributed by atoms with Gasteiger partial charge in [0.1, 0.15) is 36.6 Å². The Kier molecular flexibility index (Phi) is 5.87. The van der Waals surface area contributed by atoms with Crippen LogP contribution in [0.5, 0.6) is 0 Å². The van der Waals surface area contributed by atoms with Crippen LogP contribution in [0.15, 0.2) is 30.3 Å². The van der Waals surface area contributed by atoms with Gasteiger partial charge in [0, 0.05) is 13.0 Å². The number of epoxide rings is 1. The minimum Gasteiger partial charge on any atom is -0.458 e. The number of esters is 1. The van der Waals surface area contributed by atoms with Gasteiger partial charge in [-0.2, -0.15) is 5.06 Å². The number of rotatable bonds is 7. The molecule has 1 amide bonds. The second kappa shape index (κ2) is 9.14. The van der Waals surface area contributed by atoms with Gasteiger partial charge in [0.2, 0.25) is 5.91 Å². The lowest BCUT2D eigenvalue weighted by atomic mass is 9.62. The Balaban J connectivity index is 1.11. The standard InChI is InChI=1S/C27H32N2O8/c30-10-9-28-26(32)27-12-20-21-22(34-14-33-21)24(27)37-29(23(27)25(31)36-20)13-17-5-2-15(3-6-17)1-4-16-7-8-18-19(11-16)35-18/h1-6,16,18-24,30H,7-14H2,(H,28,32)/t16?,18?,19?,20-,21+,22+,23+,24-,27+/m1/s1. The molecule has 6 aliphatic rings. The summed E-state index contributed by atoms with van der Waals surface area (Å²) in [6.07, 6.45) is 6.85. The van der Waals surface area contributed by atoms with E-state index in [1.807, 2.05) is 12.1 Å². The second-order valence-electron chi connectivity index (χ2n) is 11.0. The van der Waals surface area contributed by atoms with Gasteiger partial charge in [-0.1, -0.05) is 36.4 Å². The van der Waals surface area contributed by atoms with E-state index >= 15 is 0 Å². The Labute approximate surface area is 214 Å². The summed E-state index contributed by atoms with van der Waals surface area (Å²) >= 11 is 0. The highest BCUT2D eigenvalue weighted by atomic mass is 16.8. The number of amides is 1. The summed E-state index contributed by atoms with van der Waals surface area (Å²) in [6, 6.07) is 7.21. The first-order valence-electron chi connectivity index (χ1n) is 13.3. The van der Waals surface area contributed by atoms with Crippen molar-refractivity contribution in [3.8, 4) is 0 Å². The van der Waals surface area contributed by atoms with Crippen molar-refractivity contribution in [3.63, 3.8) is 0 Å². The number of aliphatic hydroxyl groups is 1. The molecule has 4 saturated heterocycles. The number of nitrogens with one attached hydrogen (secondary N) is 1. The maximum absolute atomic E-state index is 13.5. The number of carbonyl (C=O) groups is 2. The quantitative estimate of drug-likeness (QED) is 0.406. The molecule has 0 spiro atoms. The Bertz CT molecular complexity index is 1090. The topological polar surface area (TPSA) is 119 Å². The highest BCUT2D eigenvalue weighted by Crippen LogP contribution is 2.55. The summed E-state index contributed by atoms with van der Waals surface area (Å²) in [4.78, 5) is 33.1. The Morgan fingerprint density at radius 2 is 1.97 bits per heavy atom. The van der Waals surface area contributed by atoms with Crippen molar-refractivity contribution in [1.29, 1.82) is 0 Å². The smallest absolute Gasteiger partial charge is 0.327 e. The van der Waals surface area contributed by atoms with Crippen LogP contribution in [-0.2, 0) is 39.9 Å². The minimum absolute atomic E-state index is 0.0619. The van der Waals surface area contributed by atoms with Crippen LogP contribution in [0, 0.1) is 11.3 Å². The lowest BCUT2D eigenvalue weighted by molar-refractivity contribution is -0.201. The zero-order chi connectivity index (χ0) is 25.1. The summed E-state index contributed by atoms with van der Waals surface area (Å²) < 4.78 is 22.9. The molecule has 1 aromatic carbocycles. The summed E-state index contributed by atoms with van der Waals surface area (Å²) in [5.74, 6) is -0.272. The van der Waals surface area contributed by atoms with Crippen molar-refractivity contribution in [2.75, 3.05) is 19.9 Å². The zero-order valence-electron chi connectivity index (χ0n) is 20.5. The number of fused-ring (bicyclic) bond motifs is 5. The van der Waals surface area contributed by atoms with E-state index in [1.54, 1.807) is 5.06 Å². The van der Waals surface area contributed by atoms with E-state index in [-0.39, 0.29) is 32.3 Å². The van der Waals surface area contributed by atoms with E-state index in [9.17, 15) is 14.7 Å². The van der Waals surface area contributed by atoms with Crippen LogP contribution in [0.3, 0.4) is 0 Å². The number of carbonyl (C=O) groups excluding carboxylic acids is 2. The molecule has 6 fully saturated rings. The van der Waals surface area contributed by atoms with Gasteiger partial charge in [-0.05, 0) is 36.3 Å². The zero-order valence-corrected chi connectivity index (χ0v) is 20.5. The molecular weight excluding hydrogens is 480 g/mol. The number of nitrogens with zero attached hydrogens (tertiary/aromatic N) is 1. The third-order valence-corrected chi connectivity index (χ3v) is 8.82. The molecule has 4 heterocycles. The van der Waals surface area contributed by atoms with Gasteiger partial charge in [0.25, 0.3) is 0 Å². The fraction of sp³-hybridized carbons (Fsp3) is 0.630. The predicted molar refractivity (Wildman–Crippen MR) is 127 cm³/mol. The first-order chi connectivity index (χ1) is 18.1. The molecule has 4 aliphatic heterocycles. The first kappa shape index (κ1) is 23.8. The molecule has 3 unspecified atom stereocenters. The lowest BCUT2D eigenvalue weighted by Crippen LogP contribution is -2.69. The van der Waals surface area contributed by atoms with Crippen LogP contribution in [0.2, 0.25) is 0 Å². The largest absolute Gasteiger partial charge is 0.458 e. The van der Waals surface area contributed by atoms with Gasteiger partial charge in [0.05, 0.1) is 25.4 Å². The van der Waals surface area contributed by atoms with E-state index in [2.05, 4.69) is 29.6 Å². The van der Waals surface area contributed by atoms with Crippen molar-refractivity contribution in [3.05, 3.63) is 41.5 Å². The van der Waals surface area contributed by atoms with Crippen LogP contribution in [-0.4, -0.2) is 84.7 Å². The number of hydrogen-bond acceptors (Lipinski definition) is 9. The number of aliphatic hydroxyl groups excluding tert-OH is 1. The highest BCUT2D eigenvalue weighted by Gasteiger charge is 2.74. The van der Waals surface area contributed by atoms with Crippen LogP contribution in [0.25, 0.3) is 6.08 Å². The van der Waals surface area contributed by atoms with E-state index in [0.717, 1.165) is 24.0 Å². The lowest BCUT2D eigenvalue weighted by Gasteiger charge is -2.48. The minimum atomic E-state index is -1.18. The van der Waals surface area contributed by atoms with Gasteiger partial charge >= 0.3 is 5.97 Å². The van der Waals surface area contributed by atoms with Crippen LogP contribution < -0.4 is 5.32 Å². The van der Waals surface area contributed by atoms with Crippen molar-refractivity contribution in [1.82, 2.24) is 10.4 Å². The van der Waals surface area contributed by atoms with Crippen molar-refractivity contribution in [2.45, 2.75) is 74.9 Å². The van der Waals surface area contributed by atoms with Gasteiger partial charge in [-0.15, -0.1) is 0 Å². The molecule has 2 bridgehead atoms. The fourth-order valence-corrected chi connectivity index (χ4v) is 6.94. The number of hydroxylamine groups is 2. The summed E-state index contributed by atoms with van der Waals surface area (Å²) in [5.41, 5.74) is 0.873. The molecule has 2 N–H and O–H groups in total. The van der Waals surface area contributed by atoms with Crippen molar-refractivity contribution >= 4 is 18.0 Å². The fourth-order valence-electron chi connectivity index (χ4n) is 6.94. The summed E-state index contributed by atoms with van der Waals surface area (Å²) in [5, 5.41) is 13.6. The van der Waals surface area contributed by atoms with Gasteiger partial charge < -0.3 is 29.4 Å². The predicted octanol–water partition coefficient (Wildman–Crippen LogP) is 0.917. The Morgan fingerprint density at radius 1 is 1.14 bits per heavy atom. The van der Waals surface area contributed by atoms with E-state index in [4.69, 9.17) is 23.8 Å². The summed E-state index contributed by atoms with van der Waals surface area (Å²) in [7, 11) is 0. The molecule has 10 nitrogen and oxygen atoms in total. The van der Waals surface area contributed by atoms with Crippen molar-refractivity contribution in [2.24, 2.45) is 11.3 Å². The maximum atomic E-state index is 13.5. The van der Waals surface area contributed by atoms with Crippen LogP contribution in [0.4, 0.5) is 0 Å². The molecule has 0 radical (unpaired) electrons. The molecule has 1 aromatic rings. The van der Waals surface area contributed by atoms with E-state index in [0.29, 0.717) is 24.7 Å². The monoisotopic (exact) mass is 512 g/mol. The third-order valence-electron chi connectivity index (χ3n) is 8.82. The highest BCUT2D eigenvalue weighted by molar-refractivity contribution is 5.93. The average Bonchev–Trinajstić information content (AvgIpc) is 3.34. The maximum Gasteiger partial charge on any atom is 0.327 e. The first-order valence-corrected chi connectivity index (χ1v) is 13.3. The van der Waals surface area contributed by atoms with Crippen LogP contribution in [0.1, 0.15) is 36.8 Å². The van der Waals surface area contributed by atoms with Gasteiger partial charge in [-0.25, -0.2) is 0 Å². The molecule has 0 aromatic heterocycles. The third kappa shape index (κ3) is 3.93. The SMILES string of the molecule is O=C1O[C@@H]2C[C@@]3(C(=O)NCCO)[C@H](ON(Cc4ccc(C=CC5CCC6OC6C5)cc4)[C@@H]13)[C@H]1OCO[C@H]12. The van der Waals surface area contributed by atoms with Crippen LogP contribution >= 0.6 is 0 Å². The van der Waals surface area contributed by atoms with Gasteiger partial charge in [-0.3, -0.25) is 14.4 Å². The summed E-state index contributed by atoms with van der Waals surface area (Å²) in [6.45, 7) is 0.264.